The van der Waals surface area contributed by atoms with E-state index in [1.165, 1.54) is 0 Å². The number of nitrogen functional groups attached to an aromatic ring is 1. The van der Waals surface area contributed by atoms with Gasteiger partial charge in [-0.05, 0) is 30.5 Å². The van der Waals surface area contributed by atoms with Gasteiger partial charge in [0.1, 0.15) is 5.82 Å². The molecule has 5 heteroatoms. The highest BCUT2D eigenvalue weighted by Gasteiger charge is 2.22. The summed E-state index contributed by atoms with van der Waals surface area (Å²) < 4.78 is 1.82. The van der Waals surface area contributed by atoms with Gasteiger partial charge in [-0.25, -0.2) is 0 Å². The van der Waals surface area contributed by atoms with E-state index in [0.717, 1.165) is 43.6 Å². The second kappa shape index (κ2) is 5.36. The number of hydrogen-bond acceptors (Lipinski definition) is 3. The smallest absolute Gasteiger partial charge is 0.254 e. The number of hydrogen-bond donors (Lipinski definition) is 1. The summed E-state index contributed by atoms with van der Waals surface area (Å²) in [4.78, 5) is 14.3. The Labute approximate surface area is 118 Å². The number of fused-ring (bicyclic) bond motifs is 1. The summed E-state index contributed by atoms with van der Waals surface area (Å²) in [5.41, 5.74) is 7.58. The molecular formula is C15H18N4O. The van der Waals surface area contributed by atoms with Crippen molar-refractivity contribution < 1.29 is 4.79 Å². The summed E-state index contributed by atoms with van der Waals surface area (Å²) in [5.74, 6) is 0.680. The van der Waals surface area contributed by atoms with Gasteiger partial charge in [-0.2, -0.15) is 5.10 Å². The number of benzene rings is 1. The zero-order valence-electron chi connectivity index (χ0n) is 11.3. The van der Waals surface area contributed by atoms with Crippen molar-refractivity contribution in [3.8, 4) is 0 Å². The molecule has 1 aliphatic heterocycles. The number of carbonyl (C=O) groups excluding carboxylic acids is 1. The molecule has 2 aromatic rings. The van der Waals surface area contributed by atoms with Crippen LogP contribution in [0.15, 0.2) is 36.5 Å². The van der Waals surface area contributed by atoms with Crippen LogP contribution in [-0.2, 0) is 13.0 Å². The Morgan fingerprint density at radius 1 is 1.20 bits per heavy atom. The molecule has 1 aromatic carbocycles. The topological polar surface area (TPSA) is 64.2 Å². The molecular weight excluding hydrogens is 252 g/mol. The van der Waals surface area contributed by atoms with Crippen LogP contribution in [0.2, 0.25) is 0 Å². The lowest BCUT2D eigenvalue weighted by atomic mass is 9.99. The highest BCUT2D eigenvalue weighted by molar-refractivity contribution is 5.96. The van der Waals surface area contributed by atoms with Gasteiger partial charge in [0.05, 0.1) is 0 Å². The Kier molecular flexibility index (Phi) is 3.41. The average Bonchev–Trinajstić information content (AvgIpc) is 2.87. The number of aryl methyl sites for hydroxylation is 1. The molecule has 5 nitrogen and oxygen atoms in total. The van der Waals surface area contributed by atoms with Gasteiger partial charge in [0, 0.05) is 31.4 Å². The second-order valence-electron chi connectivity index (χ2n) is 5.06. The summed E-state index contributed by atoms with van der Waals surface area (Å²) in [7, 11) is 0. The number of nitrogens with zero attached hydrogens (tertiary/aromatic N) is 3. The fraction of sp³-hybridized carbons (Fsp3) is 0.333. The fourth-order valence-electron chi connectivity index (χ4n) is 2.61. The van der Waals surface area contributed by atoms with Crippen molar-refractivity contribution in [2.75, 3.05) is 18.8 Å². The maximum Gasteiger partial charge on any atom is 0.254 e. The number of amides is 1. The van der Waals surface area contributed by atoms with Crippen molar-refractivity contribution in [3.63, 3.8) is 0 Å². The van der Waals surface area contributed by atoms with Crippen LogP contribution in [0.4, 0.5) is 5.82 Å². The minimum absolute atomic E-state index is 0.145. The first kappa shape index (κ1) is 12.7. The van der Waals surface area contributed by atoms with E-state index in [4.69, 9.17) is 5.73 Å². The lowest BCUT2D eigenvalue weighted by Gasteiger charge is -2.28. The molecule has 2 heterocycles. The molecule has 0 radical (unpaired) electrons. The third-order valence-electron chi connectivity index (χ3n) is 3.66. The van der Waals surface area contributed by atoms with E-state index in [-0.39, 0.29) is 5.91 Å². The molecule has 1 aliphatic rings. The first-order chi connectivity index (χ1) is 9.74. The summed E-state index contributed by atoms with van der Waals surface area (Å²) in [5, 5.41) is 4.14. The molecule has 0 saturated carbocycles. The molecule has 0 bridgehead atoms. The average molecular weight is 270 g/mol. The van der Waals surface area contributed by atoms with Crippen LogP contribution in [0.3, 0.4) is 0 Å². The van der Waals surface area contributed by atoms with Crippen LogP contribution in [-0.4, -0.2) is 33.7 Å². The zero-order valence-corrected chi connectivity index (χ0v) is 11.3. The summed E-state index contributed by atoms with van der Waals surface area (Å²) in [6.07, 6.45) is 3.69. The quantitative estimate of drug-likeness (QED) is 0.917. The Hall–Kier alpha value is -2.30. The standard InChI is InChI=1S/C15H18N4O/c16-14-7-11-19(17-14)9-3-8-18-10-6-12-4-1-2-5-13(12)15(18)20/h1-2,4-5,7,11H,3,6,8-10H2,(H2,16,17). The second-order valence-corrected chi connectivity index (χ2v) is 5.06. The molecule has 0 spiro atoms. The van der Waals surface area contributed by atoms with Crippen LogP contribution in [0.5, 0.6) is 0 Å². The molecule has 0 unspecified atom stereocenters. The Bertz CT molecular complexity index is 620. The minimum Gasteiger partial charge on any atom is -0.382 e. The number of aromatic nitrogens is 2. The van der Waals surface area contributed by atoms with Gasteiger partial charge in [0.2, 0.25) is 0 Å². The van der Waals surface area contributed by atoms with Gasteiger partial charge in [-0.1, -0.05) is 18.2 Å². The van der Waals surface area contributed by atoms with Crippen molar-refractivity contribution in [3.05, 3.63) is 47.7 Å². The van der Waals surface area contributed by atoms with Crippen molar-refractivity contribution in [2.24, 2.45) is 0 Å². The highest BCUT2D eigenvalue weighted by atomic mass is 16.2. The van der Waals surface area contributed by atoms with E-state index in [9.17, 15) is 4.79 Å². The Balaban J connectivity index is 1.58. The predicted octanol–water partition coefficient (Wildman–Crippen LogP) is 1.55. The van der Waals surface area contributed by atoms with Gasteiger partial charge in [-0.15, -0.1) is 0 Å². The van der Waals surface area contributed by atoms with E-state index in [1.807, 2.05) is 40.0 Å². The first-order valence-electron chi connectivity index (χ1n) is 6.90. The molecule has 3 rings (SSSR count). The molecule has 0 aliphatic carbocycles. The molecule has 0 saturated heterocycles. The van der Waals surface area contributed by atoms with Gasteiger partial charge in [0.25, 0.3) is 5.91 Å². The number of anilines is 1. The highest BCUT2D eigenvalue weighted by Crippen LogP contribution is 2.18. The van der Waals surface area contributed by atoms with Crippen molar-refractivity contribution in [1.82, 2.24) is 14.7 Å². The molecule has 0 fully saturated rings. The van der Waals surface area contributed by atoms with Gasteiger partial charge in [-0.3, -0.25) is 9.48 Å². The van der Waals surface area contributed by atoms with E-state index >= 15 is 0 Å². The summed E-state index contributed by atoms with van der Waals surface area (Å²) >= 11 is 0. The SMILES string of the molecule is Nc1ccn(CCCN2CCc3ccccc3C2=O)n1. The summed E-state index contributed by atoms with van der Waals surface area (Å²) in [6.45, 7) is 2.34. The molecule has 1 amide bonds. The Morgan fingerprint density at radius 3 is 2.85 bits per heavy atom. The number of nitrogens with two attached hydrogens (primary N) is 1. The lowest BCUT2D eigenvalue weighted by Crippen LogP contribution is -2.38. The van der Waals surface area contributed by atoms with Crippen molar-refractivity contribution in [1.29, 1.82) is 0 Å². The maximum atomic E-state index is 12.3. The molecule has 2 N–H and O–H groups in total. The number of carbonyl (C=O) groups is 1. The van der Waals surface area contributed by atoms with E-state index in [0.29, 0.717) is 5.82 Å². The third-order valence-corrected chi connectivity index (χ3v) is 3.66. The fourth-order valence-corrected chi connectivity index (χ4v) is 2.61. The molecule has 0 atom stereocenters. The largest absolute Gasteiger partial charge is 0.382 e. The minimum atomic E-state index is 0.145. The first-order valence-corrected chi connectivity index (χ1v) is 6.90. The van der Waals surface area contributed by atoms with Crippen LogP contribution < -0.4 is 5.73 Å². The van der Waals surface area contributed by atoms with E-state index in [1.54, 1.807) is 6.07 Å². The lowest BCUT2D eigenvalue weighted by molar-refractivity contribution is 0.0735. The monoisotopic (exact) mass is 270 g/mol. The molecule has 104 valence electrons. The van der Waals surface area contributed by atoms with Crippen molar-refractivity contribution >= 4 is 11.7 Å². The molecule has 20 heavy (non-hydrogen) atoms. The molecule has 1 aromatic heterocycles. The number of rotatable bonds is 4. The summed E-state index contributed by atoms with van der Waals surface area (Å²) in [6, 6.07) is 9.65. The van der Waals surface area contributed by atoms with Gasteiger partial charge in [0.15, 0.2) is 0 Å². The maximum absolute atomic E-state index is 12.3. The Morgan fingerprint density at radius 2 is 2.05 bits per heavy atom. The van der Waals surface area contributed by atoms with Crippen molar-refractivity contribution in [2.45, 2.75) is 19.4 Å². The van der Waals surface area contributed by atoms with Crippen LogP contribution >= 0.6 is 0 Å². The van der Waals surface area contributed by atoms with Crippen LogP contribution in [0.25, 0.3) is 0 Å². The predicted molar refractivity (Wildman–Crippen MR) is 77.3 cm³/mol. The van der Waals surface area contributed by atoms with E-state index < -0.39 is 0 Å². The van der Waals surface area contributed by atoms with Gasteiger partial charge >= 0.3 is 0 Å². The van der Waals surface area contributed by atoms with Crippen LogP contribution in [0.1, 0.15) is 22.3 Å². The van der Waals surface area contributed by atoms with Gasteiger partial charge < -0.3 is 10.6 Å². The normalized spacial score (nSPS) is 14.4. The van der Waals surface area contributed by atoms with Crippen LogP contribution in [0, 0.1) is 0 Å². The van der Waals surface area contributed by atoms with E-state index in [2.05, 4.69) is 5.10 Å². The third kappa shape index (κ3) is 2.52. The zero-order chi connectivity index (χ0) is 13.9.